The Bertz CT molecular complexity index is 289. The van der Waals surface area contributed by atoms with Gasteiger partial charge in [0.25, 0.3) is 0 Å². The number of nitrogens with zero attached hydrogens (tertiary/aromatic N) is 1. The minimum absolute atomic E-state index is 0.00282. The fourth-order valence-electron chi connectivity index (χ4n) is 1.13. The van der Waals surface area contributed by atoms with Crippen LogP contribution in [0.1, 0.15) is 36.3 Å². The fourth-order valence-corrected chi connectivity index (χ4v) is 2.24. The molecule has 1 aromatic heterocycles. The number of rotatable bonds is 3. The lowest BCUT2D eigenvalue weighted by molar-refractivity contribution is 0.441. The predicted octanol–water partition coefficient (Wildman–Crippen LogP) is 2.47. The SMILES string of the molecule is CCc1nc(C(C)(C)NC)sc1C. The van der Waals surface area contributed by atoms with Crippen LogP contribution in [0.3, 0.4) is 0 Å². The minimum Gasteiger partial charge on any atom is -0.309 e. The van der Waals surface area contributed by atoms with Crippen LogP contribution in [-0.4, -0.2) is 12.0 Å². The first-order valence-corrected chi connectivity index (χ1v) is 5.48. The van der Waals surface area contributed by atoms with E-state index in [1.165, 1.54) is 15.6 Å². The molecule has 3 heteroatoms. The van der Waals surface area contributed by atoms with Gasteiger partial charge in [0, 0.05) is 4.88 Å². The summed E-state index contributed by atoms with van der Waals surface area (Å²) in [6, 6.07) is 0. The fraction of sp³-hybridized carbons (Fsp3) is 0.700. The average Bonchev–Trinajstić information content (AvgIpc) is 2.47. The molecule has 0 radical (unpaired) electrons. The Hall–Kier alpha value is -0.410. The molecular formula is C10H18N2S. The lowest BCUT2D eigenvalue weighted by atomic mass is 10.1. The molecule has 1 aromatic rings. The van der Waals surface area contributed by atoms with Crippen molar-refractivity contribution in [1.29, 1.82) is 0 Å². The van der Waals surface area contributed by atoms with Crippen LogP contribution >= 0.6 is 11.3 Å². The third-order valence-corrected chi connectivity index (χ3v) is 3.72. The van der Waals surface area contributed by atoms with Gasteiger partial charge in [0.05, 0.1) is 11.2 Å². The van der Waals surface area contributed by atoms with Crippen molar-refractivity contribution in [3.8, 4) is 0 Å². The number of hydrogen-bond donors (Lipinski definition) is 1. The molecule has 0 saturated heterocycles. The molecule has 74 valence electrons. The molecule has 0 amide bonds. The summed E-state index contributed by atoms with van der Waals surface area (Å²) in [6.45, 7) is 8.61. The maximum absolute atomic E-state index is 4.63. The monoisotopic (exact) mass is 198 g/mol. The van der Waals surface area contributed by atoms with Crippen molar-refractivity contribution in [1.82, 2.24) is 10.3 Å². The number of thiazole rings is 1. The highest BCUT2D eigenvalue weighted by molar-refractivity contribution is 7.11. The van der Waals surface area contributed by atoms with Crippen LogP contribution in [0.5, 0.6) is 0 Å². The lowest BCUT2D eigenvalue weighted by Crippen LogP contribution is -2.32. The van der Waals surface area contributed by atoms with Gasteiger partial charge in [0.1, 0.15) is 5.01 Å². The second-order valence-corrected chi connectivity index (χ2v) is 4.95. The third-order valence-electron chi connectivity index (χ3n) is 2.39. The summed E-state index contributed by atoms with van der Waals surface area (Å²) < 4.78 is 0. The standard InChI is InChI=1S/C10H18N2S/c1-6-8-7(2)13-9(12-8)10(3,4)11-5/h11H,6H2,1-5H3. The summed E-state index contributed by atoms with van der Waals surface area (Å²) in [7, 11) is 1.97. The van der Waals surface area contributed by atoms with Gasteiger partial charge in [0.15, 0.2) is 0 Å². The highest BCUT2D eigenvalue weighted by Crippen LogP contribution is 2.27. The minimum atomic E-state index is 0.00282. The third kappa shape index (κ3) is 2.09. The summed E-state index contributed by atoms with van der Waals surface area (Å²) >= 11 is 1.80. The van der Waals surface area contributed by atoms with E-state index in [2.05, 4.69) is 38.0 Å². The molecule has 0 aliphatic carbocycles. The lowest BCUT2D eigenvalue weighted by Gasteiger charge is -2.20. The van der Waals surface area contributed by atoms with E-state index >= 15 is 0 Å². The van der Waals surface area contributed by atoms with E-state index in [0.29, 0.717) is 0 Å². The molecule has 1 N–H and O–H groups in total. The Morgan fingerprint density at radius 1 is 1.46 bits per heavy atom. The van der Waals surface area contributed by atoms with Gasteiger partial charge in [-0.2, -0.15) is 0 Å². The molecular weight excluding hydrogens is 180 g/mol. The Balaban J connectivity index is 3.03. The van der Waals surface area contributed by atoms with Gasteiger partial charge in [0.2, 0.25) is 0 Å². The Morgan fingerprint density at radius 2 is 2.08 bits per heavy atom. The van der Waals surface area contributed by atoms with E-state index in [1.54, 1.807) is 11.3 Å². The zero-order valence-electron chi connectivity index (χ0n) is 9.06. The van der Waals surface area contributed by atoms with E-state index in [1.807, 2.05) is 7.05 Å². The second kappa shape index (κ2) is 3.76. The van der Waals surface area contributed by atoms with E-state index in [4.69, 9.17) is 0 Å². The van der Waals surface area contributed by atoms with Crippen molar-refractivity contribution in [3.63, 3.8) is 0 Å². The van der Waals surface area contributed by atoms with Crippen LogP contribution < -0.4 is 5.32 Å². The largest absolute Gasteiger partial charge is 0.309 e. The van der Waals surface area contributed by atoms with E-state index < -0.39 is 0 Å². The van der Waals surface area contributed by atoms with Crippen LogP contribution in [0, 0.1) is 6.92 Å². The number of aromatic nitrogens is 1. The number of aryl methyl sites for hydroxylation is 2. The topological polar surface area (TPSA) is 24.9 Å². The van der Waals surface area contributed by atoms with Crippen molar-refractivity contribution in [2.45, 2.75) is 39.7 Å². The predicted molar refractivity (Wildman–Crippen MR) is 58.3 cm³/mol. The van der Waals surface area contributed by atoms with E-state index in [-0.39, 0.29) is 5.54 Å². The van der Waals surface area contributed by atoms with Crippen LogP contribution in [0.15, 0.2) is 0 Å². The Labute approximate surface area is 84.4 Å². The van der Waals surface area contributed by atoms with Crippen molar-refractivity contribution in [2.24, 2.45) is 0 Å². The van der Waals surface area contributed by atoms with Crippen molar-refractivity contribution < 1.29 is 0 Å². The first kappa shape index (κ1) is 10.7. The van der Waals surface area contributed by atoms with E-state index in [0.717, 1.165) is 6.42 Å². The molecule has 2 nitrogen and oxygen atoms in total. The Kier molecular flexibility index (Phi) is 3.09. The molecule has 1 heterocycles. The molecule has 1 rings (SSSR count). The molecule has 0 aromatic carbocycles. The van der Waals surface area contributed by atoms with Gasteiger partial charge in [-0.1, -0.05) is 6.92 Å². The molecule has 0 aliphatic heterocycles. The maximum atomic E-state index is 4.63. The smallest absolute Gasteiger partial charge is 0.113 e. The van der Waals surface area contributed by atoms with Gasteiger partial charge in [-0.05, 0) is 34.2 Å². The molecule has 13 heavy (non-hydrogen) atoms. The van der Waals surface area contributed by atoms with Crippen molar-refractivity contribution in [2.75, 3.05) is 7.05 Å². The first-order valence-electron chi connectivity index (χ1n) is 4.67. The molecule has 0 saturated carbocycles. The van der Waals surface area contributed by atoms with Crippen LogP contribution in [0.2, 0.25) is 0 Å². The van der Waals surface area contributed by atoms with Gasteiger partial charge in [-0.15, -0.1) is 11.3 Å². The first-order chi connectivity index (χ1) is 6.01. The summed E-state index contributed by atoms with van der Waals surface area (Å²) in [4.78, 5) is 5.97. The van der Waals surface area contributed by atoms with Gasteiger partial charge >= 0.3 is 0 Å². The van der Waals surface area contributed by atoms with Gasteiger partial charge in [-0.3, -0.25) is 0 Å². The van der Waals surface area contributed by atoms with Crippen LogP contribution in [-0.2, 0) is 12.0 Å². The van der Waals surface area contributed by atoms with E-state index in [9.17, 15) is 0 Å². The summed E-state index contributed by atoms with van der Waals surface area (Å²) in [5.74, 6) is 0. The van der Waals surface area contributed by atoms with Gasteiger partial charge < -0.3 is 5.32 Å². The summed E-state index contributed by atoms with van der Waals surface area (Å²) in [6.07, 6.45) is 1.03. The number of nitrogens with one attached hydrogen (secondary N) is 1. The second-order valence-electron chi connectivity index (χ2n) is 3.75. The molecule has 0 aliphatic rings. The highest BCUT2D eigenvalue weighted by Gasteiger charge is 2.22. The average molecular weight is 198 g/mol. The Morgan fingerprint density at radius 3 is 2.46 bits per heavy atom. The quantitative estimate of drug-likeness (QED) is 0.807. The molecule has 0 spiro atoms. The molecule has 0 fully saturated rings. The molecule has 0 atom stereocenters. The number of hydrogen-bond acceptors (Lipinski definition) is 3. The molecule has 0 bridgehead atoms. The van der Waals surface area contributed by atoms with Gasteiger partial charge in [-0.25, -0.2) is 4.98 Å². The zero-order valence-corrected chi connectivity index (χ0v) is 9.88. The van der Waals surface area contributed by atoms with Crippen LogP contribution in [0.4, 0.5) is 0 Å². The molecule has 0 unspecified atom stereocenters. The van der Waals surface area contributed by atoms with Crippen molar-refractivity contribution in [3.05, 3.63) is 15.6 Å². The van der Waals surface area contributed by atoms with Crippen molar-refractivity contribution >= 4 is 11.3 Å². The zero-order chi connectivity index (χ0) is 10.1. The highest BCUT2D eigenvalue weighted by atomic mass is 32.1. The summed E-state index contributed by atoms with van der Waals surface area (Å²) in [5.41, 5.74) is 1.24. The summed E-state index contributed by atoms with van der Waals surface area (Å²) in [5, 5.41) is 4.45. The van der Waals surface area contributed by atoms with Crippen LogP contribution in [0.25, 0.3) is 0 Å². The maximum Gasteiger partial charge on any atom is 0.113 e. The normalized spacial score (nSPS) is 12.1.